The van der Waals surface area contributed by atoms with E-state index in [1.54, 1.807) is 20.3 Å². The van der Waals surface area contributed by atoms with Crippen molar-refractivity contribution in [2.24, 2.45) is 5.41 Å². The molecule has 21 heavy (non-hydrogen) atoms. The Morgan fingerprint density at radius 1 is 1.14 bits per heavy atom. The highest BCUT2D eigenvalue weighted by molar-refractivity contribution is 5.34. The molecule has 1 aliphatic heterocycles. The largest absolute Gasteiger partial charge is 0.481 e. The van der Waals surface area contributed by atoms with E-state index in [9.17, 15) is 0 Å². The van der Waals surface area contributed by atoms with Gasteiger partial charge in [0, 0.05) is 18.5 Å². The molecule has 116 valence electrons. The lowest BCUT2D eigenvalue weighted by molar-refractivity contribution is 0.271. The smallest absolute Gasteiger partial charge is 0.229 e. The Labute approximate surface area is 125 Å². The van der Waals surface area contributed by atoms with Crippen LogP contribution in [-0.4, -0.2) is 55.3 Å². The Bertz CT molecular complexity index is 462. The first-order valence-electron chi connectivity index (χ1n) is 7.66. The van der Waals surface area contributed by atoms with Gasteiger partial charge >= 0.3 is 0 Å². The highest BCUT2D eigenvalue weighted by atomic mass is 16.5. The summed E-state index contributed by atoms with van der Waals surface area (Å²) in [6, 6.07) is 1.68. The third kappa shape index (κ3) is 3.56. The zero-order valence-corrected chi connectivity index (χ0v) is 12.9. The molecule has 6 heteroatoms. The lowest BCUT2D eigenvalue weighted by Gasteiger charge is -2.23. The minimum absolute atomic E-state index is 0.407. The van der Waals surface area contributed by atoms with Crippen LogP contribution >= 0.6 is 0 Å². The topological polar surface area (TPSA) is 59.5 Å². The first kappa shape index (κ1) is 14.4. The van der Waals surface area contributed by atoms with Gasteiger partial charge in [0.15, 0.2) is 0 Å². The summed E-state index contributed by atoms with van der Waals surface area (Å²) >= 11 is 0. The van der Waals surface area contributed by atoms with Crippen molar-refractivity contribution in [3.63, 3.8) is 0 Å². The van der Waals surface area contributed by atoms with Crippen LogP contribution in [0.5, 0.6) is 11.8 Å². The highest BCUT2D eigenvalue weighted by Crippen LogP contribution is 2.46. The SMILES string of the molecule is COc1cc(OC)nc(NCC2(CN3CCCC3)CC2)n1. The molecule has 1 aromatic rings. The quantitative estimate of drug-likeness (QED) is 0.826. The van der Waals surface area contributed by atoms with E-state index in [0.29, 0.717) is 23.1 Å². The van der Waals surface area contributed by atoms with Crippen LogP contribution in [-0.2, 0) is 0 Å². The predicted octanol–water partition coefficient (Wildman–Crippen LogP) is 1.78. The molecule has 1 aromatic heterocycles. The second-order valence-electron chi connectivity index (χ2n) is 6.11. The molecule has 0 unspecified atom stereocenters. The summed E-state index contributed by atoms with van der Waals surface area (Å²) in [5, 5.41) is 3.36. The number of hydrogen-bond donors (Lipinski definition) is 1. The van der Waals surface area contributed by atoms with E-state index in [4.69, 9.17) is 9.47 Å². The molecule has 1 aliphatic carbocycles. The van der Waals surface area contributed by atoms with Crippen LogP contribution in [0.15, 0.2) is 6.07 Å². The molecular weight excluding hydrogens is 268 g/mol. The average Bonchev–Trinajstić information content (AvgIpc) is 3.09. The molecule has 1 saturated carbocycles. The van der Waals surface area contributed by atoms with E-state index in [1.807, 2.05) is 0 Å². The molecule has 0 spiro atoms. The fourth-order valence-electron chi connectivity index (χ4n) is 2.94. The molecule has 0 amide bonds. The van der Waals surface area contributed by atoms with Crippen LogP contribution in [0.3, 0.4) is 0 Å². The van der Waals surface area contributed by atoms with Crippen molar-refractivity contribution >= 4 is 5.95 Å². The molecule has 1 saturated heterocycles. The third-order valence-corrected chi connectivity index (χ3v) is 4.43. The van der Waals surface area contributed by atoms with Crippen LogP contribution in [0.4, 0.5) is 5.95 Å². The van der Waals surface area contributed by atoms with Gasteiger partial charge in [-0.1, -0.05) is 0 Å². The lowest BCUT2D eigenvalue weighted by atomic mass is 10.1. The van der Waals surface area contributed by atoms with Crippen LogP contribution < -0.4 is 14.8 Å². The van der Waals surface area contributed by atoms with Gasteiger partial charge in [0.05, 0.1) is 20.3 Å². The van der Waals surface area contributed by atoms with Crippen molar-refractivity contribution < 1.29 is 9.47 Å². The molecular formula is C15H24N4O2. The van der Waals surface area contributed by atoms with Crippen LogP contribution in [0.25, 0.3) is 0 Å². The van der Waals surface area contributed by atoms with Crippen molar-refractivity contribution in [3.05, 3.63) is 6.07 Å². The number of likely N-dealkylation sites (tertiary alicyclic amines) is 1. The van der Waals surface area contributed by atoms with Crippen molar-refractivity contribution in [1.29, 1.82) is 0 Å². The fraction of sp³-hybridized carbons (Fsp3) is 0.733. The van der Waals surface area contributed by atoms with Gasteiger partial charge in [-0.15, -0.1) is 0 Å². The second kappa shape index (κ2) is 6.05. The number of hydrogen-bond acceptors (Lipinski definition) is 6. The summed E-state index contributed by atoms with van der Waals surface area (Å²) in [4.78, 5) is 11.2. The zero-order chi connectivity index (χ0) is 14.7. The maximum atomic E-state index is 5.17. The van der Waals surface area contributed by atoms with E-state index < -0.39 is 0 Å². The number of rotatable bonds is 7. The standard InChI is InChI=1S/C15H24N4O2/c1-20-12-9-13(21-2)18-14(17-12)16-10-15(5-6-15)11-19-7-3-4-8-19/h9H,3-8,10-11H2,1-2H3,(H,16,17,18). The Morgan fingerprint density at radius 3 is 2.29 bits per heavy atom. The van der Waals surface area contributed by atoms with Gasteiger partial charge < -0.3 is 19.7 Å². The first-order valence-corrected chi connectivity index (χ1v) is 7.66. The summed E-state index contributed by atoms with van der Waals surface area (Å²) in [5.74, 6) is 1.63. The molecule has 2 fully saturated rings. The maximum absolute atomic E-state index is 5.17. The lowest BCUT2D eigenvalue weighted by Crippen LogP contribution is -2.32. The summed E-state index contributed by atoms with van der Waals surface area (Å²) in [6.45, 7) is 4.62. The molecule has 1 N–H and O–H groups in total. The van der Waals surface area contributed by atoms with Gasteiger partial charge in [-0.2, -0.15) is 9.97 Å². The van der Waals surface area contributed by atoms with Gasteiger partial charge in [-0.05, 0) is 38.8 Å². The summed E-state index contributed by atoms with van der Waals surface area (Å²) in [6.07, 6.45) is 5.27. The minimum Gasteiger partial charge on any atom is -0.481 e. The number of methoxy groups -OCH3 is 2. The Balaban J connectivity index is 1.59. The van der Waals surface area contributed by atoms with Crippen molar-refractivity contribution in [2.45, 2.75) is 25.7 Å². The van der Waals surface area contributed by atoms with E-state index in [2.05, 4.69) is 20.2 Å². The first-order chi connectivity index (χ1) is 10.2. The maximum Gasteiger partial charge on any atom is 0.229 e. The second-order valence-corrected chi connectivity index (χ2v) is 6.11. The molecule has 2 aliphatic rings. The molecule has 0 aromatic carbocycles. The number of ether oxygens (including phenoxy) is 2. The van der Waals surface area contributed by atoms with E-state index in [0.717, 1.165) is 6.54 Å². The van der Waals surface area contributed by atoms with Gasteiger partial charge in [-0.25, -0.2) is 0 Å². The number of nitrogens with zero attached hydrogens (tertiary/aromatic N) is 3. The molecule has 0 bridgehead atoms. The molecule has 6 nitrogen and oxygen atoms in total. The molecule has 0 atom stereocenters. The van der Waals surface area contributed by atoms with Crippen LogP contribution in [0, 0.1) is 5.41 Å². The normalized spacial score (nSPS) is 20.3. The van der Waals surface area contributed by atoms with E-state index in [1.165, 1.54) is 45.3 Å². The number of nitrogens with one attached hydrogen (secondary N) is 1. The molecule has 0 radical (unpaired) electrons. The van der Waals surface area contributed by atoms with Gasteiger partial charge in [-0.3, -0.25) is 0 Å². The van der Waals surface area contributed by atoms with Crippen molar-refractivity contribution in [2.75, 3.05) is 45.7 Å². The van der Waals surface area contributed by atoms with Crippen LogP contribution in [0.2, 0.25) is 0 Å². The molecule has 3 rings (SSSR count). The van der Waals surface area contributed by atoms with Gasteiger partial charge in [0.25, 0.3) is 0 Å². The third-order valence-electron chi connectivity index (χ3n) is 4.43. The van der Waals surface area contributed by atoms with E-state index in [-0.39, 0.29) is 0 Å². The summed E-state index contributed by atoms with van der Waals surface area (Å²) < 4.78 is 10.3. The predicted molar refractivity (Wildman–Crippen MR) is 81.0 cm³/mol. The highest BCUT2D eigenvalue weighted by Gasteiger charge is 2.44. The van der Waals surface area contributed by atoms with Crippen molar-refractivity contribution in [3.8, 4) is 11.8 Å². The van der Waals surface area contributed by atoms with Gasteiger partial charge in [0.2, 0.25) is 17.7 Å². The fourth-order valence-corrected chi connectivity index (χ4v) is 2.94. The summed E-state index contributed by atoms with van der Waals surface area (Å²) in [5.41, 5.74) is 0.407. The van der Waals surface area contributed by atoms with E-state index >= 15 is 0 Å². The number of aromatic nitrogens is 2. The Kier molecular flexibility index (Phi) is 4.14. The minimum atomic E-state index is 0.407. The van der Waals surface area contributed by atoms with Crippen molar-refractivity contribution in [1.82, 2.24) is 14.9 Å². The summed E-state index contributed by atoms with van der Waals surface area (Å²) in [7, 11) is 3.20. The Hall–Kier alpha value is -1.56. The monoisotopic (exact) mass is 292 g/mol. The average molecular weight is 292 g/mol. The number of anilines is 1. The Morgan fingerprint density at radius 2 is 1.76 bits per heavy atom. The van der Waals surface area contributed by atoms with Gasteiger partial charge in [0.1, 0.15) is 0 Å². The van der Waals surface area contributed by atoms with Crippen LogP contribution in [0.1, 0.15) is 25.7 Å². The zero-order valence-electron chi connectivity index (χ0n) is 12.9. The molecule has 2 heterocycles.